The Morgan fingerprint density at radius 1 is 0.963 bits per heavy atom. The van der Waals surface area contributed by atoms with E-state index in [-0.39, 0.29) is 12.1 Å². The molecule has 0 aliphatic carbocycles. The molecular weight excluding hydrogens is 352 g/mol. The van der Waals surface area contributed by atoms with E-state index in [1.54, 1.807) is 0 Å². The highest BCUT2D eigenvalue weighted by Gasteiger charge is 2.20. The number of carbonyl (C=O) groups is 1. The fraction of sp³-hybridized carbons (Fsp3) is 0.0476. The monoisotopic (exact) mass is 365 g/mol. The van der Waals surface area contributed by atoms with Gasteiger partial charge in [0.05, 0.1) is 10.9 Å². The van der Waals surface area contributed by atoms with Gasteiger partial charge >= 0.3 is 5.97 Å². The predicted molar refractivity (Wildman–Crippen MR) is 98.1 cm³/mol. The molecule has 0 unspecified atom stereocenters. The van der Waals surface area contributed by atoms with Crippen LogP contribution in [0.25, 0.3) is 21.7 Å². The second-order valence-corrected chi connectivity index (χ2v) is 6.24. The highest BCUT2D eigenvalue weighted by atomic mass is 19.1. The zero-order valence-electron chi connectivity index (χ0n) is 13.9. The number of carboxylic acids is 1. The normalized spacial score (nSPS) is 11.2. The van der Waals surface area contributed by atoms with Crippen LogP contribution < -0.4 is 5.43 Å². The van der Waals surface area contributed by atoms with Gasteiger partial charge in [-0.25, -0.2) is 13.6 Å². The first kappa shape index (κ1) is 16.9. The molecule has 0 fully saturated rings. The van der Waals surface area contributed by atoms with Crippen LogP contribution in [-0.4, -0.2) is 15.6 Å². The number of aromatic carboxylic acids is 1. The number of carboxylic acid groups (broad SMARTS) is 1. The Morgan fingerprint density at radius 2 is 1.67 bits per heavy atom. The summed E-state index contributed by atoms with van der Waals surface area (Å²) >= 11 is 0. The van der Waals surface area contributed by atoms with Gasteiger partial charge in [-0.05, 0) is 34.5 Å². The Labute approximate surface area is 151 Å². The van der Waals surface area contributed by atoms with Crippen molar-refractivity contribution in [2.45, 2.75) is 6.54 Å². The maximum absolute atomic E-state index is 14.4. The van der Waals surface area contributed by atoms with E-state index in [2.05, 4.69) is 0 Å². The van der Waals surface area contributed by atoms with Crippen LogP contribution in [0.5, 0.6) is 0 Å². The van der Waals surface area contributed by atoms with Crippen molar-refractivity contribution >= 4 is 27.6 Å². The largest absolute Gasteiger partial charge is 0.477 e. The fourth-order valence-corrected chi connectivity index (χ4v) is 3.26. The summed E-state index contributed by atoms with van der Waals surface area (Å²) in [5, 5.41) is 10.7. The highest BCUT2D eigenvalue weighted by Crippen LogP contribution is 2.22. The molecule has 27 heavy (non-hydrogen) atoms. The number of fused-ring (bicyclic) bond motifs is 2. The summed E-state index contributed by atoms with van der Waals surface area (Å²) in [5.41, 5.74) is -1.13. The molecule has 0 saturated heterocycles. The minimum Gasteiger partial charge on any atom is -0.477 e. The van der Waals surface area contributed by atoms with Gasteiger partial charge in [0.2, 0.25) is 5.43 Å². The third-order valence-electron chi connectivity index (χ3n) is 4.52. The predicted octanol–water partition coefficient (Wildman–Crippen LogP) is 4.18. The third kappa shape index (κ3) is 2.85. The molecule has 0 amide bonds. The molecule has 1 aromatic heterocycles. The van der Waals surface area contributed by atoms with Crippen molar-refractivity contribution < 1.29 is 18.7 Å². The molecule has 0 saturated carbocycles. The van der Waals surface area contributed by atoms with Crippen LogP contribution in [0, 0.1) is 11.6 Å². The van der Waals surface area contributed by atoms with Gasteiger partial charge in [0.25, 0.3) is 0 Å². The molecule has 4 rings (SSSR count). The van der Waals surface area contributed by atoms with Crippen molar-refractivity contribution in [1.82, 2.24) is 4.57 Å². The number of benzene rings is 3. The van der Waals surface area contributed by atoms with E-state index in [4.69, 9.17) is 0 Å². The average Bonchev–Trinajstić information content (AvgIpc) is 2.65. The van der Waals surface area contributed by atoms with Crippen LogP contribution in [0.2, 0.25) is 0 Å². The quantitative estimate of drug-likeness (QED) is 0.593. The molecule has 0 spiro atoms. The van der Waals surface area contributed by atoms with E-state index < -0.39 is 34.0 Å². The Hall–Kier alpha value is -3.54. The average molecular weight is 365 g/mol. The molecule has 6 heteroatoms. The molecule has 134 valence electrons. The first-order valence-electron chi connectivity index (χ1n) is 8.18. The summed E-state index contributed by atoms with van der Waals surface area (Å²) in [5.74, 6) is -3.23. The summed E-state index contributed by atoms with van der Waals surface area (Å²) in [4.78, 5) is 23.7. The lowest BCUT2D eigenvalue weighted by atomic mass is 10.1. The zero-order valence-corrected chi connectivity index (χ0v) is 13.9. The van der Waals surface area contributed by atoms with Crippen molar-refractivity contribution in [3.8, 4) is 0 Å². The topological polar surface area (TPSA) is 59.3 Å². The maximum Gasteiger partial charge on any atom is 0.341 e. The molecule has 0 bridgehead atoms. The Bertz CT molecular complexity index is 1280. The lowest BCUT2D eigenvalue weighted by Gasteiger charge is -2.14. The Morgan fingerprint density at radius 3 is 2.41 bits per heavy atom. The SMILES string of the molecule is O=C(O)c1cn(Cc2ccc3ccccc3c2)c2c(F)ccc(F)c2c1=O. The van der Waals surface area contributed by atoms with E-state index in [9.17, 15) is 23.5 Å². The summed E-state index contributed by atoms with van der Waals surface area (Å²) in [7, 11) is 0. The molecule has 1 N–H and O–H groups in total. The summed E-state index contributed by atoms with van der Waals surface area (Å²) in [6.07, 6.45) is 1.06. The van der Waals surface area contributed by atoms with Crippen molar-refractivity contribution in [2.24, 2.45) is 0 Å². The van der Waals surface area contributed by atoms with Crippen LogP contribution >= 0.6 is 0 Å². The first-order valence-corrected chi connectivity index (χ1v) is 8.18. The van der Waals surface area contributed by atoms with Crippen molar-refractivity contribution in [1.29, 1.82) is 0 Å². The summed E-state index contributed by atoms with van der Waals surface area (Å²) < 4.78 is 29.9. The van der Waals surface area contributed by atoms with E-state index in [1.165, 1.54) is 4.57 Å². The van der Waals surface area contributed by atoms with Gasteiger partial charge in [-0.1, -0.05) is 36.4 Å². The van der Waals surface area contributed by atoms with Crippen LogP contribution in [0.4, 0.5) is 8.78 Å². The third-order valence-corrected chi connectivity index (χ3v) is 4.52. The van der Waals surface area contributed by atoms with E-state index >= 15 is 0 Å². The number of halogens is 2. The molecule has 4 nitrogen and oxygen atoms in total. The molecular formula is C21H13F2NO3. The van der Waals surface area contributed by atoms with E-state index in [0.717, 1.165) is 34.7 Å². The maximum atomic E-state index is 14.4. The first-order chi connectivity index (χ1) is 13.0. The lowest BCUT2D eigenvalue weighted by molar-refractivity contribution is 0.0695. The lowest BCUT2D eigenvalue weighted by Crippen LogP contribution is -2.21. The highest BCUT2D eigenvalue weighted by molar-refractivity contribution is 5.93. The number of hydrogen-bond acceptors (Lipinski definition) is 2. The minimum absolute atomic E-state index is 0.0856. The standard InChI is InChI=1S/C21H13F2NO3/c22-16-7-8-17(23)19-18(16)20(25)15(21(26)27)11-24(19)10-12-5-6-13-3-1-2-4-14(13)9-12/h1-9,11H,10H2,(H,26,27). The number of nitrogens with zero attached hydrogens (tertiary/aromatic N) is 1. The zero-order chi connectivity index (χ0) is 19.1. The molecule has 4 aromatic rings. The second kappa shape index (κ2) is 6.32. The van der Waals surface area contributed by atoms with Gasteiger partial charge in [-0.15, -0.1) is 0 Å². The van der Waals surface area contributed by atoms with E-state index in [0.29, 0.717) is 0 Å². The Kier molecular flexibility index (Phi) is 3.96. The summed E-state index contributed by atoms with van der Waals surface area (Å²) in [6, 6.07) is 15.0. The molecule has 3 aromatic carbocycles. The van der Waals surface area contributed by atoms with Gasteiger partial charge in [-0.2, -0.15) is 0 Å². The smallest absolute Gasteiger partial charge is 0.341 e. The summed E-state index contributed by atoms with van der Waals surface area (Å²) in [6.45, 7) is 0.0856. The second-order valence-electron chi connectivity index (χ2n) is 6.24. The van der Waals surface area contributed by atoms with Gasteiger partial charge in [-0.3, -0.25) is 4.79 Å². The van der Waals surface area contributed by atoms with Crippen LogP contribution in [-0.2, 0) is 6.54 Å². The van der Waals surface area contributed by atoms with Gasteiger partial charge in [0, 0.05) is 12.7 Å². The van der Waals surface area contributed by atoms with Gasteiger partial charge < -0.3 is 9.67 Å². The minimum atomic E-state index is -1.49. The van der Waals surface area contributed by atoms with Crippen LogP contribution in [0.1, 0.15) is 15.9 Å². The van der Waals surface area contributed by atoms with Crippen molar-refractivity contribution in [3.63, 3.8) is 0 Å². The molecule has 0 radical (unpaired) electrons. The molecule has 0 aliphatic rings. The van der Waals surface area contributed by atoms with Crippen LogP contribution in [0.15, 0.2) is 65.6 Å². The molecule has 0 atom stereocenters. The van der Waals surface area contributed by atoms with E-state index in [1.807, 2.05) is 42.5 Å². The number of aromatic nitrogens is 1. The van der Waals surface area contributed by atoms with Gasteiger partial charge in [0.1, 0.15) is 17.2 Å². The molecule has 0 aliphatic heterocycles. The van der Waals surface area contributed by atoms with Crippen LogP contribution in [0.3, 0.4) is 0 Å². The number of hydrogen-bond donors (Lipinski definition) is 1. The Balaban J connectivity index is 1.97. The number of pyridine rings is 1. The number of rotatable bonds is 3. The van der Waals surface area contributed by atoms with Gasteiger partial charge in [0.15, 0.2) is 0 Å². The molecule has 1 heterocycles. The van der Waals surface area contributed by atoms with Crippen molar-refractivity contribution in [3.05, 3.63) is 93.8 Å². The fourth-order valence-electron chi connectivity index (χ4n) is 3.26. The van der Waals surface area contributed by atoms with Crippen molar-refractivity contribution in [2.75, 3.05) is 0 Å².